The van der Waals surface area contributed by atoms with Gasteiger partial charge < -0.3 is 5.32 Å². The zero-order valence-electron chi connectivity index (χ0n) is 12.6. The third-order valence-corrected chi connectivity index (χ3v) is 4.70. The first-order valence-electron chi connectivity index (χ1n) is 7.67. The highest BCUT2D eigenvalue weighted by Gasteiger charge is 2.30. The molecule has 3 nitrogen and oxygen atoms in total. The molecule has 2 aromatic rings. The molecular formula is C17H22ClN3. The van der Waals surface area contributed by atoms with E-state index in [9.17, 15) is 0 Å². The van der Waals surface area contributed by atoms with Crippen molar-refractivity contribution < 1.29 is 0 Å². The van der Waals surface area contributed by atoms with Crippen LogP contribution in [0.2, 0.25) is 5.02 Å². The summed E-state index contributed by atoms with van der Waals surface area (Å²) >= 11 is 6.03. The molecule has 1 aliphatic heterocycles. The van der Waals surface area contributed by atoms with Gasteiger partial charge in [0.15, 0.2) is 0 Å². The number of aryl methyl sites for hydroxylation is 2. The minimum absolute atomic E-state index is 0.491. The van der Waals surface area contributed by atoms with Crippen molar-refractivity contribution >= 4 is 11.6 Å². The molecule has 112 valence electrons. The Morgan fingerprint density at radius 2 is 2.05 bits per heavy atom. The van der Waals surface area contributed by atoms with Gasteiger partial charge in [0.2, 0.25) is 0 Å². The number of halogens is 1. The van der Waals surface area contributed by atoms with Crippen molar-refractivity contribution in [1.29, 1.82) is 0 Å². The van der Waals surface area contributed by atoms with Crippen molar-refractivity contribution in [3.8, 4) is 0 Å². The van der Waals surface area contributed by atoms with Gasteiger partial charge in [-0.05, 0) is 48.6 Å². The number of hydrogen-bond donors (Lipinski definition) is 1. The van der Waals surface area contributed by atoms with Gasteiger partial charge in [-0.25, -0.2) is 0 Å². The number of aromatic nitrogens is 2. The maximum atomic E-state index is 6.03. The minimum Gasteiger partial charge on any atom is -0.316 e. The molecule has 2 atom stereocenters. The number of nitrogens with one attached hydrogen (secondary N) is 1. The summed E-state index contributed by atoms with van der Waals surface area (Å²) in [5.74, 6) is 1.03. The number of hydrogen-bond acceptors (Lipinski definition) is 2. The van der Waals surface area contributed by atoms with Gasteiger partial charge in [-0.3, -0.25) is 4.68 Å². The fourth-order valence-electron chi connectivity index (χ4n) is 3.43. The lowest BCUT2D eigenvalue weighted by atomic mass is 9.77. The second-order valence-electron chi connectivity index (χ2n) is 5.82. The first-order valence-corrected chi connectivity index (χ1v) is 8.05. The molecule has 1 N–H and O–H groups in total. The van der Waals surface area contributed by atoms with Crippen LogP contribution in [-0.2, 0) is 13.5 Å². The summed E-state index contributed by atoms with van der Waals surface area (Å²) in [7, 11) is 2.01. The Hall–Kier alpha value is -1.32. The highest BCUT2D eigenvalue weighted by molar-refractivity contribution is 6.30. The van der Waals surface area contributed by atoms with E-state index in [1.807, 2.05) is 23.9 Å². The molecule has 0 aliphatic carbocycles. The topological polar surface area (TPSA) is 29.9 Å². The van der Waals surface area contributed by atoms with Gasteiger partial charge in [-0.1, -0.05) is 30.7 Å². The molecule has 1 aromatic heterocycles. The average molecular weight is 304 g/mol. The Labute approximate surface area is 131 Å². The predicted molar refractivity (Wildman–Crippen MR) is 87.0 cm³/mol. The summed E-state index contributed by atoms with van der Waals surface area (Å²) in [6.45, 7) is 4.28. The third-order valence-electron chi connectivity index (χ3n) is 4.45. The lowest BCUT2D eigenvalue weighted by Crippen LogP contribution is -2.34. The molecule has 1 aliphatic rings. The van der Waals surface area contributed by atoms with E-state index in [4.69, 9.17) is 11.6 Å². The molecule has 0 saturated carbocycles. The van der Waals surface area contributed by atoms with E-state index < -0.39 is 0 Å². The first kappa shape index (κ1) is 14.6. The fourth-order valence-corrected chi connectivity index (χ4v) is 3.55. The van der Waals surface area contributed by atoms with E-state index in [1.54, 1.807) is 0 Å². The van der Waals surface area contributed by atoms with Crippen LogP contribution in [0.3, 0.4) is 0 Å². The molecule has 0 spiro atoms. The van der Waals surface area contributed by atoms with Gasteiger partial charge in [0.25, 0.3) is 0 Å². The van der Waals surface area contributed by atoms with E-state index in [1.165, 1.54) is 16.8 Å². The number of nitrogens with zero attached hydrogens (tertiary/aromatic N) is 2. The Balaban J connectivity index is 1.96. The van der Waals surface area contributed by atoms with Gasteiger partial charge >= 0.3 is 0 Å². The van der Waals surface area contributed by atoms with Gasteiger partial charge in [-0.15, -0.1) is 0 Å². The Morgan fingerprint density at radius 1 is 1.29 bits per heavy atom. The average Bonchev–Trinajstić information content (AvgIpc) is 2.89. The molecule has 4 heteroatoms. The van der Waals surface area contributed by atoms with E-state index in [0.717, 1.165) is 31.0 Å². The molecular weight excluding hydrogens is 282 g/mol. The minimum atomic E-state index is 0.491. The highest BCUT2D eigenvalue weighted by Crippen LogP contribution is 2.38. The van der Waals surface area contributed by atoms with Crippen LogP contribution < -0.4 is 5.32 Å². The third kappa shape index (κ3) is 2.99. The van der Waals surface area contributed by atoms with Crippen molar-refractivity contribution in [3.05, 3.63) is 52.3 Å². The summed E-state index contributed by atoms with van der Waals surface area (Å²) in [5.41, 5.74) is 4.02. The van der Waals surface area contributed by atoms with Gasteiger partial charge in [0, 0.05) is 30.7 Å². The van der Waals surface area contributed by atoms with Gasteiger partial charge in [-0.2, -0.15) is 5.10 Å². The summed E-state index contributed by atoms with van der Waals surface area (Å²) in [6, 6.07) is 8.31. The van der Waals surface area contributed by atoms with Crippen molar-refractivity contribution in [1.82, 2.24) is 15.1 Å². The van der Waals surface area contributed by atoms with E-state index >= 15 is 0 Å². The van der Waals surface area contributed by atoms with Crippen LogP contribution in [-0.4, -0.2) is 22.9 Å². The summed E-state index contributed by atoms with van der Waals surface area (Å²) in [5, 5.41) is 8.95. The molecule has 0 amide bonds. The zero-order valence-corrected chi connectivity index (χ0v) is 13.4. The maximum Gasteiger partial charge on any atom is 0.0656 e. The Bertz CT molecular complexity index is 603. The normalized spacial score (nSPS) is 22.4. The van der Waals surface area contributed by atoms with Crippen LogP contribution in [0, 0.1) is 0 Å². The van der Waals surface area contributed by atoms with Gasteiger partial charge in [0.05, 0.1) is 5.69 Å². The van der Waals surface area contributed by atoms with Crippen LogP contribution in [0.5, 0.6) is 0 Å². The fraction of sp³-hybridized carbons (Fsp3) is 0.471. The van der Waals surface area contributed by atoms with Gasteiger partial charge in [0.1, 0.15) is 0 Å². The highest BCUT2D eigenvalue weighted by atomic mass is 35.5. The smallest absolute Gasteiger partial charge is 0.0656 e. The van der Waals surface area contributed by atoms with Crippen LogP contribution in [0.15, 0.2) is 30.5 Å². The number of piperidine rings is 1. The SMILES string of the molecule is CCc1nn(C)cc1C1CCNCC1c1ccc(Cl)cc1. The summed E-state index contributed by atoms with van der Waals surface area (Å²) in [4.78, 5) is 0. The molecule has 1 aromatic carbocycles. The quantitative estimate of drug-likeness (QED) is 0.940. The standard InChI is InChI=1S/C17H22ClN3/c1-3-17-16(11-21(2)20-17)14-8-9-19-10-15(14)12-4-6-13(18)7-5-12/h4-7,11,14-15,19H,3,8-10H2,1-2H3. The molecule has 3 rings (SSSR count). The second kappa shape index (κ2) is 6.20. The van der Waals surface area contributed by atoms with Crippen molar-refractivity contribution in [3.63, 3.8) is 0 Å². The van der Waals surface area contributed by atoms with Crippen LogP contribution in [0.4, 0.5) is 0 Å². The lowest BCUT2D eigenvalue weighted by Gasteiger charge is -2.32. The lowest BCUT2D eigenvalue weighted by molar-refractivity contribution is 0.402. The van der Waals surface area contributed by atoms with E-state index in [-0.39, 0.29) is 0 Å². The maximum absolute atomic E-state index is 6.03. The van der Waals surface area contributed by atoms with Crippen molar-refractivity contribution in [2.75, 3.05) is 13.1 Å². The van der Waals surface area contributed by atoms with Crippen LogP contribution in [0.1, 0.15) is 42.0 Å². The number of benzene rings is 1. The number of rotatable bonds is 3. The molecule has 0 bridgehead atoms. The summed E-state index contributed by atoms with van der Waals surface area (Å²) in [6.07, 6.45) is 4.36. The predicted octanol–water partition coefficient (Wildman–Crippen LogP) is 3.50. The Morgan fingerprint density at radius 3 is 2.76 bits per heavy atom. The van der Waals surface area contributed by atoms with E-state index in [0.29, 0.717) is 11.8 Å². The first-order chi connectivity index (χ1) is 10.2. The molecule has 21 heavy (non-hydrogen) atoms. The monoisotopic (exact) mass is 303 g/mol. The molecule has 2 heterocycles. The molecule has 1 fully saturated rings. The summed E-state index contributed by atoms with van der Waals surface area (Å²) < 4.78 is 1.95. The van der Waals surface area contributed by atoms with Crippen LogP contribution in [0.25, 0.3) is 0 Å². The largest absolute Gasteiger partial charge is 0.316 e. The van der Waals surface area contributed by atoms with Crippen LogP contribution >= 0.6 is 11.6 Å². The zero-order chi connectivity index (χ0) is 14.8. The second-order valence-corrected chi connectivity index (χ2v) is 6.25. The Kier molecular flexibility index (Phi) is 4.32. The van der Waals surface area contributed by atoms with E-state index in [2.05, 4.69) is 35.7 Å². The molecule has 2 unspecified atom stereocenters. The molecule has 0 radical (unpaired) electrons. The molecule has 1 saturated heterocycles. The van der Waals surface area contributed by atoms with Crippen molar-refractivity contribution in [2.45, 2.75) is 31.6 Å². The van der Waals surface area contributed by atoms with Crippen molar-refractivity contribution in [2.24, 2.45) is 7.05 Å².